The largest absolute Gasteiger partial charge is 0.493 e. The highest BCUT2D eigenvalue weighted by Gasteiger charge is 2.15. The quantitative estimate of drug-likeness (QED) is 0.535. The fraction of sp³-hybridized carbons (Fsp3) is 0.316. The van der Waals surface area contributed by atoms with E-state index in [1.807, 2.05) is 0 Å². The number of rotatable bonds is 11. The van der Waals surface area contributed by atoms with Gasteiger partial charge in [0.25, 0.3) is 0 Å². The van der Waals surface area contributed by atoms with E-state index in [2.05, 4.69) is 14.8 Å². The number of ether oxygens (including phenoxy) is 2. The lowest BCUT2D eigenvalue weighted by atomic mass is 10.1. The molecule has 0 heterocycles. The molecule has 2 aromatic carbocycles. The van der Waals surface area contributed by atoms with Crippen LogP contribution in [0.2, 0.25) is 5.02 Å². The van der Waals surface area contributed by atoms with E-state index in [0.29, 0.717) is 12.0 Å². The van der Waals surface area contributed by atoms with E-state index >= 15 is 0 Å². The van der Waals surface area contributed by atoms with Crippen molar-refractivity contribution in [3.63, 3.8) is 0 Å². The number of hydrogen-bond acceptors (Lipinski definition) is 5. The van der Waals surface area contributed by atoms with E-state index in [1.165, 1.54) is 37.4 Å². The second-order valence-corrected chi connectivity index (χ2v) is 8.27. The summed E-state index contributed by atoms with van der Waals surface area (Å²) in [5.41, 5.74) is 0.661. The van der Waals surface area contributed by atoms with Gasteiger partial charge in [0, 0.05) is 24.5 Å². The first-order valence-electron chi connectivity index (χ1n) is 8.85. The van der Waals surface area contributed by atoms with Gasteiger partial charge in [-0.15, -0.1) is 0 Å². The minimum atomic E-state index is -3.76. The van der Waals surface area contributed by atoms with Gasteiger partial charge in [-0.1, -0.05) is 23.7 Å². The second kappa shape index (κ2) is 11.1. The molecule has 0 aliphatic carbocycles. The fourth-order valence-corrected chi connectivity index (χ4v) is 3.85. The highest BCUT2D eigenvalue weighted by Crippen LogP contribution is 2.29. The predicted octanol–water partition coefficient (Wildman–Crippen LogP) is 2.98. The molecule has 2 aromatic rings. The van der Waals surface area contributed by atoms with Gasteiger partial charge >= 0.3 is 6.61 Å². The smallest absolute Gasteiger partial charge is 0.387 e. The van der Waals surface area contributed by atoms with Crippen molar-refractivity contribution in [2.75, 3.05) is 20.2 Å². The van der Waals surface area contributed by atoms with Crippen LogP contribution >= 0.6 is 11.6 Å². The van der Waals surface area contributed by atoms with E-state index < -0.39 is 16.6 Å². The molecule has 2 N–H and O–H groups in total. The lowest BCUT2D eigenvalue weighted by Crippen LogP contribution is -2.31. The van der Waals surface area contributed by atoms with Crippen LogP contribution in [0.4, 0.5) is 8.78 Å². The van der Waals surface area contributed by atoms with Gasteiger partial charge in [0.2, 0.25) is 15.9 Å². The van der Waals surface area contributed by atoms with Crippen molar-refractivity contribution in [1.82, 2.24) is 10.0 Å². The molecule has 0 atom stereocenters. The Morgan fingerprint density at radius 1 is 1.13 bits per heavy atom. The van der Waals surface area contributed by atoms with Crippen LogP contribution in [-0.4, -0.2) is 41.1 Å². The van der Waals surface area contributed by atoms with Gasteiger partial charge in [-0.25, -0.2) is 13.1 Å². The zero-order valence-corrected chi connectivity index (χ0v) is 17.6. The SMILES string of the molecule is COc1ccc(CCNC(=O)CCNS(=O)(=O)c2cccc(Cl)c2)cc1OC(F)F. The molecule has 30 heavy (non-hydrogen) atoms. The third kappa shape index (κ3) is 7.43. The summed E-state index contributed by atoms with van der Waals surface area (Å²) in [6.07, 6.45) is 0.297. The molecule has 7 nitrogen and oxygen atoms in total. The molecule has 0 spiro atoms. The lowest BCUT2D eigenvalue weighted by molar-refractivity contribution is -0.120. The number of alkyl halides is 2. The Kier molecular flexibility index (Phi) is 8.82. The van der Waals surface area contributed by atoms with Crippen molar-refractivity contribution in [1.29, 1.82) is 0 Å². The highest BCUT2D eigenvalue weighted by atomic mass is 35.5. The minimum absolute atomic E-state index is 0.0109. The van der Waals surface area contributed by atoms with Gasteiger partial charge in [0.1, 0.15) is 0 Å². The number of nitrogens with one attached hydrogen (secondary N) is 2. The molecule has 0 saturated carbocycles. The molecule has 0 aliphatic rings. The van der Waals surface area contributed by atoms with Crippen LogP contribution in [0.25, 0.3) is 0 Å². The fourth-order valence-electron chi connectivity index (χ4n) is 2.52. The highest BCUT2D eigenvalue weighted by molar-refractivity contribution is 7.89. The first kappa shape index (κ1) is 23.8. The van der Waals surface area contributed by atoms with Crippen LogP contribution in [-0.2, 0) is 21.2 Å². The molecule has 0 unspecified atom stereocenters. The molecule has 164 valence electrons. The van der Waals surface area contributed by atoms with E-state index in [0.717, 1.165) is 0 Å². The zero-order chi connectivity index (χ0) is 22.1. The van der Waals surface area contributed by atoms with E-state index in [4.69, 9.17) is 16.3 Å². The summed E-state index contributed by atoms with van der Waals surface area (Å²) in [5.74, 6) is -0.275. The predicted molar refractivity (Wildman–Crippen MR) is 108 cm³/mol. The second-order valence-electron chi connectivity index (χ2n) is 6.07. The van der Waals surface area contributed by atoms with Crippen molar-refractivity contribution < 1.29 is 31.5 Å². The molecule has 0 saturated heterocycles. The Balaban J connectivity index is 1.79. The molecule has 0 aromatic heterocycles. The third-order valence-electron chi connectivity index (χ3n) is 3.93. The van der Waals surface area contributed by atoms with Gasteiger partial charge in [0.05, 0.1) is 12.0 Å². The number of hydrogen-bond donors (Lipinski definition) is 2. The van der Waals surface area contributed by atoms with Crippen LogP contribution in [0.3, 0.4) is 0 Å². The van der Waals surface area contributed by atoms with E-state index in [9.17, 15) is 22.0 Å². The van der Waals surface area contributed by atoms with E-state index in [1.54, 1.807) is 12.1 Å². The summed E-state index contributed by atoms with van der Waals surface area (Å²) < 4.78 is 60.9. The maximum atomic E-state index is 12.5. The number of sulfonamides is 1. The molecular formula is C19H21ClF2N2O5S. The standard InChI is InChI=1S/C19H21ClF2N2O5S/c1-28-16-6-5-13(11-17(16)29-19(21)22)7-9-23-18(25)8-10-24-30(26,27)15-4-2-3-14(20)12-15/h2-6,11-12,19,24H,7-10H2,1H3,(H,23,25). The molecule has 2 rings (SSSR count). The summed E-state index contributed by atoms with van der Waals surface area (Å²) in [7, 11) is -2.42. The Hall–Kier alpha value is -2.43. The van der Waals surface area contributed by atoms with Gasteiger partial charge in [-0.05, 0) is 42.3 Å². The average Bonchev–Trinajstić information content (AvgIpc) is 2.67. The Morgan fingerprint density at radius 3 is 2.57 bits per heavy atom. The average molecular weight is 463 g/mol. The maximum Gasteiger partial charge on any atom is 0.387 e. The molecule has 0 bridgehead atoms. The number of carbonyl (C=O) groups is 1. The summed E-state index contributed by atoms with van der Waals surface area (Å²) in [6, 6.07) is 10.4. The number of carbonyl (C=O) groups excluding carboxylic acids is 1. The summed E-state index contributed by atoms with van der Waals surface area (Å²) in [5, 5.41) is 2.93. The molecule has 0 radical (unpaired) electrons. The first-order chi connectivity index (χ1) is 14.2. The maximum absolute atomic E-state index is 12.5. The van der Waals surface area contributed by atoms with Crippen LogP contribution < -0.4 is 19.5 Å². The Labute approximate surface area is 178 Å². The summed E-state index contributed by atoms with van der Waals surface area (Å²) >= 11 is 5.79. The number of amides is 1. The van der Waals surface area contributed by atoms with Crippen molar-refractivity contribution in [3.05, 3.63) is 53.1 Å². The van der Waals surface area contributed by atoms with Crippen molar-refractivity contribution in [3.8, 4) is 11.5 Å². The van der Waals surface area contributed by atoms with Crippen molar-refractivity contribution in [2.24, 2.45) is 0 Å². The monoisotopic (exact) mass is 462 g/mol. The summed E-state index contributed by atoms with van der Waals surface area (Å²) in [6.45, 7) is -2.83. The van der Waals surface area contributed by atoms with Gasteiger partial charge < -0.3 is 14.8 Å². The number of benzene rings is 2. The van der Waals surface area contributed by atoms with Gasteiger partial charge in [0.15, 0.2) is 11.5 Å². The molecule has 0 aliphatic heterocycles. The minimum Gasteiger partial charge on any atom is -0.493 e. The first-order valence-corrected chi connectivity index (χ1v) is 10.7. The van der Waals surface area contributed by atoms with E-state index in [-0.39, 0.29) is 46.8 Å². The van der Waals surface area contributed by atoms with Crippen LogP contribution in [0.1, 0.15) is 12.0 Å². The molecule has 1 amide bonds. The topological polar surface area (TPSA) is 93.7 Å². The van der Waals surface area contributed by atoms with Crippen molar-refractivity contribution >= 4 is 27.5 Å². The Bertz CT molecular complexity index is 973. The Morgan fingerprint density at radius 2 is 1.90 bits per heavy atom. The van der Waals surface area contributed by atoms with Gasteiger partial charge in [-0.2, -0.15) is 8.78 Å². The van der Waals surface area contributed by atoms with Crippen LogP contribution in [0.5, 0.6) is 11.5 Å². The van der Waals surface area contributed by atoms with Crippen LogP contribution in [0, 0.1) is 0 Å². The molecular weight excluding hydrogens is 442 g/mol. The van der Waals surface area contributed by atoms with Gasteiger partial charge in [-0.3, -0.25) is 4.79 Å². The van der Waals surface area contributed by atoms with Crippen molar-refractivity contribution in [2.45, 2.75) is 24.3 Å². The summed E-state index contributed by atoms with van der Waals surface area (Å²) in [4.78, 5) is 11.9. The third-order valence-corrected chi connectivity index (χ3v) is 5.62. The van der Waals surface area contributed by atoms with Crippen LogP contribution in [0.15, 0.2) is 47.4 Å². The number of halogens is 3. The normalized spacial score (nSPS) is 11.4. The molecule has 11 heteroatoms. The lowest BCUT2D eigenvalue weighted by Gasteiger charge is -2.12. The molecule has 0 fully saturated rings. The zero-order valence-electron chi connectivity index (χ0n) is 16.0. The number of methoxy groups -OCH3 is 1.